The molecule has 4 aromatic rings. The lowest BCUT2D eigenvalue weighted by Crippen LogP contribution is -2.52. The van der Waals surface area contributed by atoms with Crippen molar-refractivity contribution in [3.05, 3.63) is 96.1 Å². The van der Waals surface area contributed by atoms with Gasteiger partial charge in [0.15, 0.2) is 0 Å². The predicted molar refractivity (Wildman–Crippen MR) is 168 cm³/mol. The van der Waals surface area contributed by atoms with Gasteiger partial charge in [-0.05, 0) is 74.1 Å². The van der Waals surface area contributed by atoms with Crippen molar-refractivity contribution in [2.45, 2.75) is 45.3 Å². The SMILES string of the molecule is Cc1ccc(CN(C(=O)Cn2nnc3ccccc32)[C@H](C(=O)Nc2ccc(N3CCOCC3)cc2)[C@H]2CC=CCC2)cc1. The average Bonchev–Trinajstić information content (AvgIpc) is 3.45. The Morgan fingerprint density at radius 2 is 1.77 bits per heavy atom. The lowest BCUT2D eigenvalue weighted by molar-refractivity contribution is -0.142. The first kappa shape index (κ1) is 28.6. The van der Waals surface area contributed by atoms with Crippen LogP contribution in [0.1, 0.15) is 30.4 Å². The van der Waals surface area contributed by atoms with Crippen LogP contribution >= 0.6 is 0 Å². The van der Waals surface area contributed by atoms with Gasteiger partial charge in [-0.1, -0.05) is 59.3 Å². The molecule has 0 saturated carbocycles. The van der Waals surface area contributed by atoms with Crippen molar-refractivity contribution >= 4 is 34.2 Å². The van der Waals surface area contributed by atoms with E-state index in [1.165, 1.54) is 0 Å². The van der Waals surface area contributed by atoms with Crippen molar-refractivity contribution in [1.82, 2.24) is 19.9 Å². The van der Waals surface area contributed by atoms with Crippen LogP contribution in [0.3, 0.4) is 0 Å². The van der Waals surface area contributed by atoms with Crippen LogP contribution < -0.4 is 10.2 Å². The third-order valence-electron chi connectivity index (χ3n) is 8.37. The molecule has 1 saturated heterocycles. The molecule has 43 heavy (non-hydrogen) atoms. The second-order valence-corrected chi connectivity index (χ2v) is 11.4. The number of allylic oxidation sites excluding steroid dienone is 2. The van der Waals surface area contributed by atoms with Gasteiger partial charge in [0.2, 0.25) is 11.8 Å². The van der Waals surface area contributed by atoms with E-state index < -0.39 is 6.04 Å². The summed E-state index contributed by atoms with van der Waals surface area (Å²) >= 11 is 0. The standard InChI is InChI=1S/C34H38N6O3/c1-25-11-13-26(14-12-25)23-39(32(41)24-40-31-10-6-5-9-30(31)36-37-40)33(27-7-3-2-4-8-27)34(42)35-28-15-17-29(18-16-28)38-19-21-43-22-20-38/h2-3,5-6,9-18,27,33H,4,7-8,19-24H2,1H3,(H,35,42)/t27-,33-/m0/s1. The number of ether oxygens (including phenoxy) is 1. The fourth-order valence-corrected chi connectivity index (χ4v) is 5.99. The second kappa shape index (κ2) is 13.2. The Bertz CT molecular complexity index is 1570. The van der Waals surface area contributed by atoms with Crippen LogP contribution in [0.25, 0.3) is 11.0 Å². The van der Waals surface area contributed by atoms with Crippen LogP contribution in [0.15, 0.2) is 84.9 Å². The minimum atomic E-state index is -0.660. The molecule has 1 aromatic heterocycles. The maximum atomic E-state index is 14.2. The highest BCUT2D eigenvalue weighted by molar-refractivity contribution is 5.97. The van der Waals surface area contributed by atoms with E-state index in [0.717, 1.165) is 60.2 Å². The molecule has 0 spiro atoms. The number of hydrogen-bond acceptors (Lipinski definition) is 6. The molecule has 1 aliphatic heterocycles. The Kier molecular flexibility index (Phi) is 8.79. The molecule has 2 amide bonds. The van der Waals surface area contributed by atoms with Crippen LogP contribution in [0, 0.1) is 12.8 Å². The van der Waals surface area contributed by atoms with E-state index in [0.29, 0.717) is 25.4 Å². The van der Waals surface area contributed by atoms with Crippen LogP contribution in [0.4, 0.5) is 11.4 Å². The van der Waals surface area contributed by atoms with Gasteiger partial charge >= 0.3 is 0 Å². The molecule has 0 unspecified atom stereocenters. The van der Waals surface area contributed by atoms with Crippen molar-refractivity contribution in [2.75, 3.05) is 36.5 Å². The van der Waals surface area contributed by atoms with Crippen LogP contribution in [0.5, 0.6) is 0 Å². The normalized spacial score (nSPS) is 17.5. The highest BCUT2D eigenvalue weighted by Crippen LogP contribution is 2.29. The number of carbonyl (C=O) groups is 2. The number of hydrogen-bond donors (Lipinski definition) is 1. The smallest absolute Gasteiger partial charge is 0.247 e. The summed E-state index contributed by atoms with van der Waals surface area (Å²) in [7, 11) is 0. The summed E-state index contributed by atoms with van der Waals surface area (Å²) in [4.78, 5) is 32.5. The van der Waals surface area contributed by atoms with Gasteiger partial charge in [-0.3, -0.25) is 9.59 Å². The van der Waals surface area contributed by atoms with Crippen molar-refractivity contribution in [2.24, 2.45) is 5.92 Å². The van der Waals surface area contributed by atoms with E-state index in [-0.39, 0.29) is 24.3 Å². The van der Waals surface area contributed by atoms with Crippen molar-refractivity contribution in [1.29, 1.82) is 0 Å². The molecule has 222 valence electrons. The first-order valence-corrected chi connectivity index (χ1v) is 15.1. The highest BCUT2D eigenvalue weighted by atomic mass is 16.5. The predicted octanol–water partition coefficient (Wildman–Crippen LogP) is 4.97. The Hall–Kier alpha value is -4.50. The van der Waals surface area contributed by atoms with Gasteiger partial charge in [0.25, 0.3) is 0 Å². The lowest BCUT2D eigenvalue weighted by atomic mass is 9.85. The molecule has 1 aliphatic carbocycles. The Balaban J connectivity index is 1.29. The fraction of sp³-hybridized carbons (Fsp3) is 0.353. The minimum Gasteiger partial charge on any atom is -0.378 e. The van der Waals surface area contributed by atoms with Gasteiger partial charge in [0.1, 0.15) is 18.1 Å². The topological polar surface area (TPSA) is 92.6 Å². The molecule has 0 bridgehead atoms. The highest BCUT2D eigenvalue weighted by Gasteiger charge is 2.37. The summed E-state index contributed by atoms with van der Waals surface area (Å²) in [6.07, 6.45) is 6.73. The van der Waals surface area contributed by atoms with Gasteiger partial charge < -0.3 is 19.9 Å². The summed E-state index contributed by atoms with van der Waals surface area (Å²) in [5.74, 6) is -0.364. The number of aromatic nitrogens is 3. The number of fused-ring (bicyclic) bond motifs is 1. The van der Waals surface area contributed by atoms with Gasteiger partial charge in [0, 0.05) is 31.0 Å². The fourth-order valence-electron chi connectivity index (χ4n) is 5.99. The number of aryl methyl sites for hydroxylation is 1. The number of nitrogens with zero attached hydrogens (tertiary/aromatic N) is 5. The molecule has 2 aliphatic rings. The van der Waals surface area contributed by atoms with E-state index in [4.69, 9.17) is 4.74 Å². The van der Waals surface area contributed by atoms with Crippen molar-refractivity contribution < 1.29 is 14.3 Å². The third kappa shape index (κ3) is 6.78. The zero-order valence-corrected chi connectivity index (χ0v) is 24.6. The molecule has 6 rings (SSSR count). The van der Waals surface area contributed by atoms with Gasteiger partial charge in [-0.15, -0.1) is 5.10 Å². The molecule has 9 nitrogen and oxygen atoms in total. The van der Waals surface area contributed by atoms with Crippen LogP contribution in [0.2, 0.25) is 0 Å². The monoisotopic (exact) mass is 578 g/mol. The third-order valence-corrected chi connectivity index (χ3v) is 8.37. The number of rotatable bonds is 9. The van der Waals surface area contributed by atoms with E-state index >= 15 is 0 Å². The summed E-state index contributed by atoms with van der Waals surface area (Å²) in [5.41, 5.74) is 5.44. The molecule has 2 atom stereocenters. The number of carbonyl (C=O) groups excluding carboxylic acids is 2. The molecule has 1 fully saturated rings. The van der Waals surface area contributed by atoms with E-state index in [9.17, 15) is 9.59 Å². The molecule has 9 heteroatoms. The average molecular weight is 579 g/mol. The maximum absolute atomic E-state index is 14.2. The molecular formula is C34H38N6O3. The number of para-hydroxylation sites is 1. The summed E-state index contributed by atoms with van der Waals surface area (Å²) in [6.45, 7) is 5.47. The quantitative estimate of drug-likeness (QED) is 0.282. The molecule has 0 radical (unpaired) electrons. The summed E-state index contributed by atoms with van der Waals surface area (Å²) in [5, 5.41) is 11.7. The van der Waals surface area contributed by atoms with Crippen molar-refractivity contribution in [3.8, 4) is 0 Å². The number of morpholine rings is 1. The molecular weight excluding hydrogens is 540 g/mol. The first-order valence-electron chi connectivity index (χ1n) is 15.1. The van der Waals surface area contributed by atoms with E-state index in [1.54, 1.807) is 9.58 Å². The molecule has 3 aromatic carbocycles. The van der Waals surface area contributed by atoms with Gasteiger partial charge in [-0.25, -0.2) is 4.68 Å². The number of benzene rings is 3. The molecule has 2 heterocycles. The first-order chi connectivity index (χ1) is 21.0. The zero-order valence-electron chi connectivity index (χ0n) is 24.6. The van der Waals surface area contributed by atoms with E-state index in [2.05, 4.69) is 32.7 Å². The molecule has 1 N–H and O–H groups in total. The minimum absolute atomic E-state index is 0.00698. The summed E-state index contributed by atoms with van der Waals surface area (Å²) < 4.78 is 7.11. The maximum Gasteiger partial charge on any atom is 0.247 e. The Labute approximate surface area is 252 Å². The largest absolute Gasteiger partial charge is 0.378 e. The number of anilines is 2. The van der Waals surface area contributed by atoms with E-state index in [1.807, 2.05) is 79.7 Å². The van der Waals surface area contributed by atoms with Crippen molar-refractivity contribution in [3.63, 3.8) is 0 Å². The number of amides is 2. The second-order valence-electron chi connectivity index (χ2n) is 11.4. The van der Waals surface area contributed by atoms with Gasteiger partial charge in [-0.2, -0.15) is 0 Å². The lowest BCUT2D eigenvalue weighted by Gasteiger charge is -2.37. The Morgan fingerprint density at radius 1 is 1.00 bits per heavy atom. The Morgan fingerprint density at radius 3 is 2.51 bits per heavy atom. The zero-order chi connectivity index (χ0) is 29.6. The van der Waals surface area contributed by atoms with Crippen LogP contribution in [-0.2, 0) is 27.4 Å². The van der Waals surface area contributed by atoms with Gasteiger partial charge in [0.05, 0.1) is 18.7 Å². The van der Waals surface area contributed by atoms with Crippen LogP contribution in [-0.4, -0.2) is 64.1 Å². The number of nitrogens with one attached hydrogen (secondary N) is 1. The summed E-state index contributed by atoms with van der Waals surface area (Å²) in [6, 6.07) is 23.0.